The zero-order valence-corrected chi connectivity index (χ0v) is 12.1. The summed E-state index contributed by atoms with van der Waals surface area (Å²) in [6.45, 7) is 2.11. The molecule has 0 aromatic heterocycles. The minimum Gasteiger partial charge on any atom is -0.496 e. The monoisotopic (exact) mass is 268 g/mol. The third-order valence-electron chi connectivity index (χ3n) is 4.60. The van der Waals surface area contributed by atoms with Gasteiger partial charge >= 0.3 is 0 Å². The van der Waals surface area contributed by atoms with Gasteiger partial charge in [0.15, 0.2) is 5.78 Å². The lowest BCUT2D eigenvalue weighted by Gasteiger charge is -2.23. The van der Waals surface area contributed by atoms with Gasteiger partial charge in [-0.15, -0.1) is 0 Å². The number of carbonyl (C=O) groups excluding carboxylic acids is 1. The van der Waals surface area contributed by atoms with E-state index in [2.05, 4.69) is 6.92 Å². The quantitative estimate of drug-likeness (QED) is 0.760. The van der Waals surface area contributed by atoms with Gasteiger partial charge in [-0.1, -0.05) is 44.0 Å². The van der Waals surface area contributed by atoms with Gasteiger partial charge in [-0.25, -0.2) is 0 Å². The van der Waals surface area contributed by atoms with Crippen molar-refractivity contribution in [1.29, 1.82) is 0 Å². The molecule has 0 N–H and O–H groups in total. The summed E-state index contributed by atoms with van der Waals surface area (Å²) < 4.78 is 5.40. The Morgan fingerprint density at radius 3 is 2.35 bits per heavy atom. The molecule has 1 aliphatic rings. The third kappa shape index (κ3) is 2.00. The molecule has 0 saturated heterocycles. The Labute approximate surface area is 119 Å². The normalized spacial score (nSPS) is 17.3. The number of ether oxygens (including phenoxy) is 1. The van der Waals surface area contributed by atoms with Crippen LogP contribution in [0.1, 0.15) is 43.0 Å². The molecule has 0 aliphatic heterocycles. The molecule has 3 rings (SSSR count). The molecule has 0 unspecified atom stereocenters. The van der Waals surface area contributed by atoms with Crippen LogP contribution >= 0.6 is 0 Å². The van der Waals surface area contributed by atoms with Crippen molar-refractivity contribution in [3.8, 4) is 5.75 Å². The van der Waals surface area contributed by atoms with E-state index in [1.54, 1.807) is 7.11 Å². The molecule has 2 nitrogen and oxygen atoms in total. The first-order chi connectivity index (χ1) is 9.65. The number of ketones is 1. The van der Waals surface area contributed by atoms with E-state index in [4.69, 9.17) is 4.74 Å². The van der Waals surface area contributed by atoms with E-state index in [-0.39, 0.29) is 11.2 Å². The lowest BCUT2D eigenvalue weighted by Crippen LogP contribution is -2.24. The van der Waals surface area contributed by atoms with Crippen LogP contribution in [0.4, 0.5) is 0 Å². The zero-order valence-electron chi connectivity index (χ0n) is 12.1. The number of fused-ring (bicyclic) bond motifs is 1. The number of benzene rings is 2. The molecule has 2 aromatic carbocycles. The average Bonchev–Trinajstić information content (AvgIpc) is 2.93. The minimum absolute atomic E-state index is 0.183. The molecule has 20 heavy (non-hydrogen) atoms. The summed E-state index contributed by atoms with van der Waals surface area (Å²) in [6.07, 6.45) is 4.34. The van der Waals surface area contributed by atoms with E-state index in [1.807, 2.05) is 36.4 Å². The number of Topliss-reactive ketones (excluding diaryl/α,β-unsaturated/α-hetero) is 1. The van der Waals surface area contributed by atoms with E-state index < -0.39 is 0 Å². The van der Waals surface area contributed by atoms with Crippen molar-refractivity contribution in [1.82, 2.24) is 0 Å². The molecule has 0 amide bonds. The van der Waals surface area contributed by atoms with Crippen molar-refractivity contribution in [2.24, 2.45) is 5.41 Å². The molecule has 1 aliphatic carbocycles. The van der Waals surface area contributed by atoms with Crippen LogP contribution in [-0.4, -0.2) is 12.9 Å². The third-order valence-corrected chi connectivity index (χ3v) is 4.60. The van der Waals surface area contributed by atoms with Gasteiger partial charge in [-0.2, -0.15) is 0 Å². The number of carbonyl (C=O) groups is 1. The van der Waals surface area contributed by atoms with Gasteiger partial charge < -0.3 is 4.74 Å². The van der Waals surface area contributed by atoms with Crippen LogP contribution in [0.2, 0.25) is 0 Å². The van der Waals surface area contributed by atoms with Crippen LogP contribution in [0.15, 0.2) is 36.4 Å². The van der Waals surface area contributed by atoms with E-state index >= 15 is 0 Å². The first kappa shape index (κ1) is 13.2. The predicted octanol–water partition coefficient (Wildman–Crippen LogP) is 4.61. The Morgan fingerprint density at radius 1 is 1.05 bits per heavy atom. The average molecular weight is 268 g/mol. The molecule has 0 bridgehead atoms. The molecule has 0 radical (unpaired) electrons. The van der Waals surface area contributed by atoms with Gasteiger partial charge in [0.05, 0.1) is 7.11 Å². The highest BCUT2D eigenvalue weighted by atomic mass is 16.5. The van der Waals surface area contributed by atoms with Crippen molar-refractivity contribution in [3.63, 3.8) is 0 Å². The summed E-state index contributed by atoms with van der Waals surface area (Å²) in [4.78, 5) is 12.9. The van der Waals surface area contributed by atoms with Crippen LogP contribution in [0.25, 0.3) is 10.8 Å². The summed E-state index contributed by atoms with van der Waals surface area (Å²) in [5.74, 6) is 1.11. The fraction of sp³-hybridized carbons (Fsp3) is 0.389. The van der Waals surface area contributed by atoms with Gasteiger partial charge in [0.25, 0.3) is 0 Å². The van der Waals surface area contributed by atoms with Gasteiger partial charge in [-0.05, 0) is 30.4 Å². The summed E-state index contributed by atoms with van der Waals surface area (Å²) in [5.41, 5.74) is 0.656. The van der Waals surface area contributed by atoms with Crippen LogP contribution in [-0.2, 0) is 0 Å². The summed E-state index contributed by atoms with van der Waals surface area (Å²) in [6, 6.07) is 11.8. The fourth-order valence-electron chi connectivity index (χ4n) is 3.35. The van der Waals surface area contributed by atoms with Crippen LogP contribution in [0.3, 0.4) is 0 Å². The fourth-order valence-corrected chi connectivity index (χ4v) is 3.35. The summed E-state index contributed by atoms with van der Waals surface area (Å²) in [5, 5.41) is 2.02. The topological polar surface area (TPSA) is 26.3 Å². The molecule has 0 spiro atoms. The maximum absolute atomic E-state index is 12.9. The standard InChI is InChI=1S/C18H20O2/c1-18(11-5-6-12-18)17(19)15-9-10-16(20-2)14-8-4-3-7-13(14)15/h3-4,7-10H,5-6,11-12H2,1-2H3. The minimum atomic E-state index is -0.183. The Morgan fingerprint density at radius 2 is 1.70 bits per heavy atom. The number of methoxy groups -OCH3 is 1. The summed E-state index contributed by atoms with van der Waals surface area (Å²) in [7, 11) is 1.67. The first-order valence-electron chi connectivity index (χ1n) is 7.26. The maximum Gasteiger partial charge on any atom is 0.169 e. The van der Waals surface area contributed by atoms with E-state index in [1.165, 1.54) is 0 Å². The SMILES string of the molecule is COc1ccc(C(=O)C2(C)CCCC2)c2ccccc12. The van der Waals surface area contributed by atoms with Gasteiger partial charge in [-0.3, -0.25) is 4.79 Å². The molecule has 0 heterocycles. The highest BCUT2D eigenvalue weighted by Gasteiger charge is 2.37. The van der Waals surface area contributed by atoms with Crippen molar-refractivity contribution < 1.29 is 9.53 Å². The predicted molar refractivity (Wildman–Crippen MR) is 81.4 cm³/mol. The largest absolute Gasteiger partial charge is 0.496 e. The smallest absolute Gasteiger partial charge is 0.169 e. The number of rotatable bonds is 3. The van der Waals surface area contributed by atoms with E-state index in [0.717, 1.165) is 47.8 Å². The second kappa shape index (κ2) is 4.93. The van der Waals surface area contributed by atoms with Crippen molar-refractivity contribution >= 4 is 16.6 Å². The maximum atomic E-state index is 12.9. The summed E-state index contributed by atoms with van der Waals surface area (Å²) >= 11 is 0. The molecule has 2 aromatic rings. The second-order valence-corrected chi connectivity index (χ2v) is 5.96. The highest BCUT2D eigenvalue weighted by molar-refractivity contribution is 6.11. The highest BCUT2D eigenvalue weighted by Crippen LogP contribution is 2.42. The molecular formula is C18H20O2. The van der Waals surface area contributed by atoms with E-state index in [0.29, 0.717) is 0 Å². The Kier molecular flexibility index (Phi) is 3.25. The Hall–Kier alpha value is -1.83. The second-order valence-electron chi connectivity index (χ2n) is 5.96. The zero-order chi connectivity index (χ0) is 14.2. The molecule has 0 atom stereocenters. The van der Waals surface area contributed by atoms with E-state index in [9.17, 15) is 4.79 Å². The Balaban J connectivity index is 2.15. The van der Waals surface area contributed by atoms with Crippen molar-refractivity contribution in [2.45, 2.75) is 32.6 Å². The lowest BCUT2D eigenvalue weighted by molar-refractivity contribution is 0.0825. The van der Waals surface area contributed by atoms with Crippen LogP contribution in [0.5, 0.6) is 5.75 Å². The van der Waals surface area contributed by atoms with Gasteiger partial charge in [0.2, 0.25) is 0 Å². The number of hydrogen-bond donors (Lipinski definition) is 0. The van der Waals surface area contributed by atoms with Crippen LogP contribution in [0, 0.1) is 5.41 Å². The lowest BCUT2D eigenvalue weighted by atomic mass is 9.79. The Bertz CT molecular complexity index is 652. The number of hydrogen-bond acceptors (Lipinski definition) is 2. The molecule has 2 heteroatoms. The molecule has 1 fully saturated rings. The van der Waals surface area contributed by atoms with Gasteiger partial charge in [0.1, 0.15) is 5.75 Å². The molecule has 104 valence electrons. The molecule has 1 saturated carbocycles. The first-order valence-corrected chi connectivity index (χ1v) is 7.26. The van der Waals surface area contributed by atoms with Crippen molar-refractivity contribution in [3.05, 3.63) is 42.0 Å². The van der Waals surface area contributed by atoms with Crippen LogP contribution < -0.4 is 4.74 Å². The van der Waals surface area contributed by atoms with Gasteiger partial charge in [0, 0.05) is 16.4 Å². The van der Waals surface area contributed by atoms with Crippen molar-refractivity contribution in [2.75, 3.05) is 7.11 Å². The molecular weight excluding hydrogens is 248 g/mol.